The molecule has 0 N–H and O–H groups in total. The quantitative estimate of drug-likeness (QED) is 0.0977. The van der Waals surface area contributed by atoms with Gasteiger partial charge < -0.3 is 18.9 Å². The third kappa shape index (κ3) is 7.76. The summed E-state index contributed by atoms with van der Waals surface area (Å²) < 4.78 is 21.9. The van der Waals surface area contributed by atoms with Crippen LogP contribution in [-0.4, -0.2) is 50.3 Å². The van der Waals surface area contributed by atoms with Crippen molar-refractivity contribution < 1.29 is 38.1 Å². The summed E-state index contributed by atoms with van der Waals surface area (Å²) in [4.78, 5) is 50.0. The number of hydrogen-bond acceptors (Lipinski definition) is 8. The van der Waals surface area contributed by atoms with Gasteiger partial charge in [0.15, 0.2) is 0 Å². The lowest BCUT2D eigenvalue weighted by Crippen LogP contribution is -2.64. The fourth-order valence-corrected chi connectivity index (χ4v) is 8.10. The highest BCUT2D eigenvalue weighted by atomic mass is 16.5. The van der Waals surface area contributed by atoms with E-state index >= 15 is 0 Å². The van der Waals surface area contributed by atoms with Crippen molar-refractivity contribution in [1.29, 1.82) is 0 Å². The molecule has 0 atom stereocenters. The fourth-order valence-electron chi connectivity index (χ4n) is 8.10. The molecule has 8 nitrogen and oxygen atoms in total. The largest absolute Gasteiger partial charge is 0.465 e. The summed E-state index contributed by atoms with van der Waals surface area (Å²) in [6.45, 7) is 16.1. The first-order valence-corrected chi connectivity index (χ1v) is 14.7. The third-order valence-electron chi connectivity index (χ3n) is 8.66. The molecule has 0 spiro atoms. The van der Waals surface area contributed by atoms with E-state index in [2.05, 4.69) is 27.0 Å². The Hall–Kier alpha value is -2.64. The van der Waals surface area contributed by atoms with E-state index in [1.165, 1.54) is 0 Å². The highest BCUT2D eigenvalue weighted by molar-refractivity contribution is 5.87. The van der Waals surface area contributed by atoms with Crippen LogP contribution in [-0.2, 0) is 38.1 Å². The van der Waals surface area contributed by atoms with Crippen molar-refractivity contribution in [3.8, 4) is 0 Å². The van der Waals surface area contributed by atoms with Crippen LogP contribution >= 0.6 is 0 Å². The Morgan fingerprint density at radius 2 is 0.850 bits per heavy atom. The molecule has 0 amide bonds. The van der Waals surface area contributed by atoms with Crippen molar-refractivity contribution in [2.45, 2.75) is 105 Å². The van der Waals surface area contributed by atoms with Gasteiger partial charge in [-0.25, -0.2) is 9.59 Å². The zero-order chi connectivity index (χ0) is 29.6. The van der Waals surface area contributed by atoms with Crippen molar-refractivity contribution in [3.63, 3.8) is 0 Å². The lowest BCUT2D eigenvalue weighted by molar-refractivity contribution is -0.221. The van der Waals surface area contributed by atoms with Crippen LogP contribution in [0.5, 0.6) is 0 Å². The molecule has 224 valence electrons. The Kier molecular flexibility index (Phi) is 10.3. The SMILES string of the molecule is C=C(C)C(=O)OCCCCCOC(=O)C12CC3(C)CC(C)(C1)CC(C(=O)OCCCCCOC(=O)C(=C)C)(C3)C2. The van der Waals surface area contributed by atoms with E-state index in [-0.39, 0.29) is 34.7 Å². The first kappa shape index (κ1) is 31.9. The average molecular weight is 561 g/mol. The molecule has 4 aliphatic carbocycles. The van der Waals surface area contributed by atoms with E-state index in [0.717, 1.165) is 44.9 Å². The fraction of sp³-hybridized carbons (Fsp3) is 0.750. The van der Waals surface area contributed by atoms with Gasteiger partial charge in [-0.05, 0) is 102 Å². The van der Waals surface area contributed by atoms with E-state index < -0.39 is 10.8 Å². The van der Waals surface area contributed by atoms with E-state index in [4.69, 9.17) is 18.9 Å². The van der Waals surface area contributed by atoms with Gasteiger partial charge >= 0.3 is 23.9 Å². The third-order valence-corrected chi connectivity index (χ3v) is 8.66. The van der Waals surface area contributed by atoms with Gasteiger partial charge in [0.1, 0.15) is 0 Å². The second-order valence-electron chi connectivity index (χ2n) is 13.5. The summed E-state index contributed by atoms with van der Waals surface area (Å²) in [6, 6.07) is 0. The lowest BCUT2D eigenvalue weighted by Gasteiger charge is -2.67. The molecule has 4 fully saturated rings. The molecule has 0 unspecified atom stereocenters. The molecule has 0 aromatic heterocycles. The summed E-state index contributed by atoms with van der Waals surface area (Å²) in [6.07, 6.45) is 8.88. The number of esters is 4. The molecule has 4 bridgehead atoms. The maximum atomic E-state index is 13.6. The van der Waals surface area contributed by atoms with Crippen LogP contribution in [0.2, 0.25) is 0 Å². The van der Waals surface area contributed by atoms with Crippen LogP contribution in [0.15, 0.2) is 24.3 Å². The van der Waals surface area contributed by atoms with E-state index in [1.807, 2.05) is 0 Å². The average Bonchev–Trinajstić information content (AvgIpc) is 2.84. The number of rotatable bonds is 16. The molecule has 0 aromatic rings. The van der Waals surface area contributed by atoms with Crippen LogP contribution in [0.25, 0.3) is 0 Å². The highest BCUT2D eigenvalue weighted by Crippen LogP contribution is 2.74. The number of unbranched alkanes of at least 4 members (excludes halogenated alkanes) is 4. The smallest absolute Gasteiger partial charge is 0.333 e. The molecule has 0 saturated heterocycles. The molecule has 4 aliphatic rings. The standard InChI is InChI=1S/C32H48O8/c1-23(2)25(33)37-13-9-7-11-15-39-27(35)31-18-29(5)17-30(6,19-31)21-32(20-29,22-31)28(36)40-16-12-8-10-14-38-26(34)24(3)4/h1,3,7-22H2,2,4-6H3. The maximum absolute atomic E-state index is 13.6. The van der Waals surface area contributed by atoms with Crippen LogP contribution in [0.3, 0.4) is 0 Å². The second-order valence-corrected chi connectivity index (χ2v) is 13.5. The highest BCUT2D eigenvalue weighted by Gasteiger charge is 2.70. The summed E-state index contributed by atoms with van der Waals surface area (Å²) in [7, 11) is 0. The zero-order valence-corrected chi connectivity index (χ0v) is 25.0. The van der Waals surface area contributed by atoms with E-state index in [1.54, 1.807) is 13.8 Å². The number of hydrogen-bond donors (Lipinski definition) is 0. The Labute approximate surface area is 239 Å². The van der Waals surface area contributed by atoms with Gasteiger partial charge in [0, 0.05) is 11.1 Å². The minimum Gasteiger partial charge on any atom is -0.465 e. The number of carbonyl (C=O) groups excluding carboxylic acids is 4. The molecule has 0 heterocycles. The lowest BCUT2D eigenvalue weighted by atomic mass is 9.36. The van der Waals surface area contributed by atoms with E-state index in [0.29, 0.717) is 69.7 Å². The van der Waals surface area contributed by atoms with Crippen molar-refractivity contribution in [1.82, 2.24) is 0 Å². The molecular formula is C32H48O8. The van der Waals surface area contributed by atoms with E-state index in [9.17, 15) is 19.2 Å². The second kappa shape index (κ2) is 12.9. The minimum absolute atomic E-state index is 0.0954. The van der Waals surface area contributed by atoms with Gasteiger partial charge in [-0.15, -0.1) is 0 Å². The predicted molar refractivity (Wildman–Crippen MR) is 150 cm³/mol. The van der Waals surface area contributed by atoms with Gasteiger partial charge in [-0.3, -0.25) is 9.59 Å². The molecule has 0 aromatic carbocycles. The summed E-state index contributed by atoms with van der Waals surface area (Å²) in [5.74, 6) is -1.13. The summed E-state index contributed by atoms with van der Waals surface area (Å²) in [5.41, 5.74) is -0.730. The number of ether oxygens (including phenoxy) is 4. The van der Waals surface area contributed by atoms with Crippen molar-refractivity contribution in [2.75, 3.05) is 26.4 Å². The maximum Gasteiger partial charge on any atom is 0.333 e. The Balaban J connectivity index is 1.49. The Morgan fingerprint density at radius 3 is 1.18 bits per heavy atom. The van der Waals surface area contributed by atoms with Gasteiger partial charge in [0.2, 0.25) is 0 Å². The first-order valence-electron chi connectivity index (χ1n) is 14.7. The van der Waals surface area contributed by atoms with Crippen molar-refractivity contribution >= 4 is 23.9 Å². The van der Waals surface area contributed by atoms with Crippen LogP contribution in [0.1, 0.15) is 105 Å². The molecule has 40 heavy (non-hydrogen) atoms. The van der Waals surface area contributed by atoms with Gasteiger partial charge in [0.25, 0.3) is 0 Å². The van der Waals surface area contributed by atoms with Crippen molar-refractivity contribution in [2.24, 2.45) is 21.7 Å². The van der Waals surface area contributed by atoms with Crippen LogP contribution < -0.4 is 0 Å². The van der Waals surface area contributed by atoms with Crippen molar-refractivity contribution in [3.05, 3.63) is 24.3 Å². The van der Waals surface area contributed by atoms with Crippen LogP contribution in [0.4, 0.5) is 0 Å². The molecule has 4 saturated carbocycles. The predicted octanol–water partition coefficient (Wildman–Crippen LogP) is 6.02. The summed E-state index contributed by atoms with van der Waals surface area (Å²) >= 11 is 0. The minimum atomic E-state index is -0.651. The van der Waals surface area contributed by atoms with Gasteiger partial charge in [-0.1, -0.05) is 27.0 Å². The molecule has 8 heteroatoms. The zero-order valence-electron chi connectivity index (χ0n) is 25.0. The summed E-state index contributed by atoms with van der Waals surface area (Å²) in [5, 5.41) is 0. The molecule has 0 radical (unpaired) electrons. The van der Waals surface area contributed by atoms with Gasteiger partial charge in [0.05, 0.1) is 37.3 Å². The molecular weight excluding hydrogens is 512 g/mol. The monoisotopic (exact) mass is 560 g/mol. The molecule has 4 rings (SSSR count). The topological polar surface area (TPSA) is 105 Å². The Morgan fingerprint density at radius 1 is 0.525 bits per heavy atom. The number of carbonyl (C=O) groups is 4. The van der Waals surface area contributed by atoms with Gasteiger partial charge in [-0.2, -0.15) is 0 Å². The Bertz CT molecular complexity index is 918. The first-order chi connectivity index (χ1) is 18.7. The normalized spacial score (nSPS) is 29.9. The molecule has 0 aliphatic heterocycles. The van der Waals surface area contributed by atoms with Crippen LogP contribution in [0, 0.1) is 21.7 Å².